The Hall–Kier alpha value is -2.44. The molecule has 1 aromatic heterocycles. The van der Waals surface area contributed by atoms with Crippen molar-refractivity contribution in [2.75, 3.05) is 19.0 Å². The fourth-order valence-corrected chi connectivity index (χ4v) is 3.09. The van der Waals surface area contributed by atoms with Gasteiger partial charge < -0.3 is 15.4 Å². The van der Waals surface area contributed by atoms with E-state index in [2.05, 4.69) is 15.6 Å². The fraction of sp³-hybridized carbons (Fsp3) is 0.381. The fourth-order valence-electron chi connectivity index (χ4n) is 2.93. The van der Waals surface area contributed by atoms with Crippen LogP contribution in [0.4, 0.5) is 5.69 Å². The zero-order chi connectivity index (χ0) is 20.3. The van der Waals surface area contributed by atoms with Crippen LogP contribution in [0.3, 0.4) is 0 Å². The predicted molar refractivity (Wildman–Crippen MR) is 109 cm³/mol. The molecule has 2 aromatic rings. The van der Waals surface area contributed by atoms with Gasteiger partial charge in [0, 0.05) is 29.9 Å². The van der Waals surface area contributed by atoms with E-state index < -0.39 is 5.91 Å². The van der Waals surface area contributed by atoms with E-state index in [0.717, 1.165) is 24.0 Å². The minimum atomic E-state index is -0.410. The Balaban J connectivity index is 1.88. The number of hydrogen-bond acceptors (Lipinski definition) is 4. The van der Waals surface area contributed by atoms with Crippen molar-refractivity contribution >= 4 is 29.1 Å². The lowest BCUT2D eigenvalue weighted by atomic mass is 10.1. The maximum Gasteiger partial charge on any atom is 0.270 e. The van der Waals surface area contributed by atoms with E-state index in [0.29, 0.717) is 35.5 Å². The summed E-state index contributed by atoms with van der Waals surface area (Å²) >= 11 is 6.23. The van der Waals surface area contributed by atoms with Crippen molar-refractivity contribution in [3.8, 4) is 0 Å². The molecule has 0 unspecified atom stereocenters. The molecule has 1 aromatic carbocycles. The van der Waals surface area contributed by atoms with E-state index in [1.54, 1.807) is 32.2 Å². The summed E-state index contributed by atoms with van der Waals surface area (Å²) in [5.74, 6) is -0.204. The number of pyridine rings is 1. The molecule has 1 aliphatic rings. The van der Waals surface area contributed by atoms with Crippen molar-refractivity contribution in [1.82, 2.24) is 10.3 Å². The van der Waals surface area contributed by atoms with Crippen LogP contribution in [0.5, 0.6) is 0 Å². The van der Waals surface area contributed by atoms with Crippen LogP contribution in [0.1, 0.15) is 50.5 Å². The largest absolute Gasteiger partial charge is 0.380 e. The highest BCUT2D eigenvalue weighted by molar-refractivity contribution is 6.32. The van der Waals surface area contributed by atoms with Gasteiger partial charge in [-0.05, 0) is 56.4 Å². The quantitative estimate of drug-likeness (QED) is 0.737. The summed E-state index contributed by atoms with van der Waals surface area (Å²) < 4.78 is 5.22. The van der Waals surface area contributed by atoms with Crippen LogP contribution in [0.2, 0.25) is 5.02 Å². The van der Waals surface area contributed by atoms with Crippen molar-refractivity contribution in [3.63, 3.8) is 0 Å². The number of rotatable bonds is 7. The Bertz CT molecular complexity index is 910. The van der Waals surface area contributed by atoms with Gasteiger partial charge >= 0.3 is 0 Å². The highest BCUT2D eigenvalue weighted by atomic mass is 35.5. The summed E-state index contributed by atoms with van der Waals surface area (Å²) in [5, 5.41) is 6.31. The van der Waals surface area contributed by atoms with Gasteiger partial charge in [-0.2, -0.15) is 0 Å². The van der Waals surface area contributed by atoms with Gasteiger partial charge in [-0.3, -0.25) is 9.59 Å². The third-order valence-electron chi connectivity index (χ3n) is 4.77. The molecular weight excluding hydrogens is 378 g/mol. The zero-order valence-corrected chi connectivity index (χ0v) is 17.0. The average Bonchev–Trinajstić information content (AvgIpc) is 3.50. The minimum absolute atomic E-state index is 0.131. The maximum absolute atomic E-state index is 13.0. The van der Waals surface area contributed by atoms with Crippen molar-refractivity contribution in [1.29, 1.82) is 0 Å². The van der Waals surface area contributed by atoms with Gasteiger partial charge in [0.05, 0.1) is 17.9 Å². The lowest BCUT2D eigenvalue weighted by Gasteiger charge is -2.16. The van der Waals surface area contributed by atoms with Crippen molar-refractivity contribution < 1.29 is 14.3 Å². The molecule has 28 heavy (non-hydrogen) atoms. The molecule has 0 saturated heterocycles. The number of halogens is 1. The van der Waals surface area contributed by atoms with E-state index >= 15 is 0 Å². The Kier molecular flexibility index (Phi) is 6.31. The summed E-state index contributed by atoms with van der Waals surface area (Å²) in [6, 6.07) is 6.92. The Morgan fingerprint density at radius 3 is 2.61 bits per heavy atom. The van der Waals surface area contributed by atoms with Gasteiger partial charge in [0.2, 0.25) is 0 Å². The number of nitrogens with one attached hydrogen (secondary N) is 2. The second kappa shape index (κ2) is 8.71. The van der Waals surface area contributed by atoms with E-state index in [1.165, 1.54) is 0 Å². The second-order valence-electron chi connectivity index (χ2n) is 7.10. The number of hydrogen-bond donors (Lipinski definition) is 2. The number of nitrogens with zero attached hydrogens (tertiary/aromatic N) is 1. The third kappa shape index (κ3) is 4.69. The lowest BCUT2D eigenvalue weighted by molar-refractivity contribution is 0.0933. The Morgan fingerprint density at radius 2 is 1.93 bits per heavy atom. The minimum Gasteiger partial charge on any atom is -0.380 e. The van der Waals surface area contributed by atoms with E-state index in [4.69, 9.17) is 16.3 Å². The third-order valence-corrected chi connectivity index (χ3v) is 5.18. The van der Waals surface area contributed by atoms with Crippen molar-refractivity contribution in [2.45, 2.75) is 33.3 Å². The number of anilines is 1. The Morgan fingerprint density at radius 1 is 1.18 bits per heavy atom. The van der Waals surface area contributed by atoms with Crippen LogP contribution >= 0.6 is 11.6 Å². The normalized spacial score (nSPS) is 13.3. The number of aryl methyl sites for hydroxylation is 1. The van der Waals surface area contributed by atoms with Crippen LogP contribution in [0, 0.1) is 19.8 Å². The molecule has 1 aliphatic carbocycles. The molecule has 3 rings (SSSR count). The number of methoxy groups -OCH3 is 1. The standard InChI is InChI=1S/C21H24ClN3O3/c1-12-4-8-16(19(24-12)21(27)23-10-14-5-6-14)20(26)25-18-13(2)17(22)9-7-15(18)11-28-3/h4,7-9,14H,5-6,10-11H2,1-3H3,(H,23,27)(H,25,26). The molecule has 148 valence electrons. The average molecular weight is 402 g/mol. The van der Waals surface area contributed by atoms with Gasteiger partial charge in [0.15, 0.2) is 0 Å². The number of carbonyl (C=O) groups excluding carboxylic acids is 2. The SMILES string of the molecule is COCc1ccc(Cl)c(C)c1NC(=O)c1ccc(C)nc1C(=O)NCC1CC1. The molecule has 0 spiro atoms. The summed E-state index contributed by atoms with van der Waals surface area (Å²) in [7, 11) is 1.59. The number of carbonyl (C=O) groups is 2. The predicted octanol–water partition coefficient (Wildman–Crippen LogP) is 3.89. The molecule has 6 nitrogen and oxygen atoms in total. The van der Waals surface area contributed by atoms with Crippen molar-refractivity contribution in [2.24, 2.45) is 5.92 Å². The second-order valence-corrected chi connectivity index (χ2v) is 7.50. The van der Waals surface area contributed by atoms with Crippen LogP contribution in [0.15, 0.2) is 24.3 Å². The van der Waals surface area contributed by atoms with Crippen LogP contribution in [-0.4, -0.2) is 30.5 Å². The first-order chi connectivity index (χ1) is 13.4. The molecule has 1 heterocycles. The molecule has 1 fully saturated rings. The molecule has 2 N–H and O–H groups in total. The van der Waals surface area contributed by atoms with Crippen LogP contribution < -0.4 is 10.6 Å². The molecule has 7 heteroatoms. The van der Waals surface area contributed by atoms with Gasteiger partial charge in [0.25, 0.3) is 11.8 Å². The first kappa shape index (κ1) is 20.3. The molecule has 1 saturated carbocycles. The zero-order valence-electron chi connectivity index (χ0n) is 16.3. The monoisotopic (exact) mass is 401 g/mol. The lowest BCUT2D eigenvalue weighted by Crippen LogP contribution is -2.29. The first-order valence-electron chi connectivity index (χ1n) is 9.24. The van der Waals surface area contributed by atoms with Crippen LogP contribution in [-0.2, 0) is 11.3 Å². The Labute approximate surface area is 169 Å². The van der Waals surface area contributed by atoms with Gasteiger partial charge in [0.1, 0.15) is 5.69 Å². The highest BCUT2D eigenvalue weighted by Crippen LogP contribution is 2.29. The topological polar surface area (TPSA) is 80.3 Å². The molecule has 0 aliphatic heterocycles. The van der Waals surface area contributed by atoms with E-state index in [9.17, 15) is 9.59 Å². The summed E-state index contributed by atoms with van der Waals surface area (Å²) in [6.07, 6.45) is 2.26. The summed E-state index contributed by atoms with van der Waals surface area (Å²) in [6.45, 7) is 4.56. The number of ether oxygens (including phenoxy) is 1. The van der Waals surface area contributed by atoms with E-state index in [1.807, 2.05) is 13.0 Å². The molecule has 0 bridgehead atoms. The molecule has 0 atom stereocenters. The van der Waals surface area contributed by atoms with Gasteiger partial charge in [-0.25, -0.2) is 4.98 Å². The molecule has 2 amide bonds. The molecule has 0 radical (unpaired) electrons. The summed E-state index contributed by atoms with van der Waals surface area (Å²) in [4.78, 5) is 29.9. The molecular formula is C21H24ClN3O3. The maximum atomic E-state index is 13.0. The summed E-state index contributed by atoms with van der Waals surface area (Å²) in [5.41, 5.74) is 3.16. The highest BCUT2D eigenvalue weighted by Gasteiger charge is 2.25. The number of aromatic nitrogens is 1. The van der Waals surface area contributed by atoms with Crippen LogP contribution in [0.25, 0.3) is 0 Å². The van der Waals surface area contributed by atoms with Crippen molar-refractivity contribution in [3.05, 3.63) is 57.4 Å². The first-order valence-corrected chi connectivity index (χ1v) is 9.62. The van der Waals surface area contributed by atoms with Gasteiger partial charge in [-0.1, -0.05) is 17.7 Å². The van der Waals surface area contributed by atoms with E-state index in [-0.39, 0.29) is 17.2 Å². The number of benzene rings is 1. The van der Waals surface area contributed by atoms with Gasteiger partial charge in [-0.15, -0.1) is 0 Å². The number of amides is 2. The smallest absolute Gasteiger partial charge is 0.270 e.